The third kappa shape index (κ3) is 4.09. The van der Waals surface area contributed by atoms with Crippen LogP contribution in [0.4, 0.5) is 0 Å². The molecular formula is C20H23N5O4S2. The second kappa shape index (κ2) is 7.95. The smallest absolute Gasteiger partial charge is 0.214 e. The first-order valence-electron chi connectivity index (χ1n) is 10.2. The van der Waals surface area contributed by atoms with Gasteiger partial charge in [0.25, 0.3) is 0 Å². The molecule has 0 unspecified atom stereocenters. The Bertz CT molecular complexity index is 1250. The topological polar surface area (TPSA) is 108 Å². The van der Waals surface area contributed by atoms with Crippen LogP contribution >= 0.6 is 11.8 Å². The second-order valence-electron chi connectivity index (χ2n) is 7.68. The largest absolute Gasteiger partial charge is 0.486 e. The van der Waals surface area contributed by atoms with Gasteiger partial charge in [0.1, 0.15) is 25.1 Å². The van der Waals surface area contributed by atoms with Crippen molar-refractivity contribution in [2.45, 2.75) is 48.5 Å². The molecule has 11 heteroatoms. The number of sulfonamides is 1. The lowest BCUT2D eigenvalue weighted by Crippen LogP contribution is -2.30. The summed E-state index contributed by atoms with van der Waals surface area (Å²) in [5.41, 5.74) is 3.23. The molecule has 1 N–H and O–H groups in total. The maximum Gasteiger partial charge on any atom is 0.214 e. The van der Waals surface area contributed by atoms with Gasteiger partial charge in [0, 0.05) is 18.0 Å². The van der Waals surface area contributed by atoms with Crippen LogP contribution < -0.4 is 14.2 Å². The highest BCUT2D eigenvalue weighted by Crippen LogP contribution is 2.40. The number of nitrogens with zero attached hydrogens (tertiary/aromatic N) is 4. The summed E-state index contributed by atoms with van der Waals surface area (Å²) in [5, 5.41) is 0.481. The molecule has 1 saturated carbocycles. The van der Waals surface area contributed by atoms with E-state index in [0.29, 0.717) is 30.9 Å². The number of hydrogen-bond acceptors (Lipinski definition) is 8. The standard InChI is InChI=1S/C20H23N5O4S2/c1-12-9-15-16(29-8-7-28-15)10-17(12)30-20-24-18-13(2)21-11-22-19(18)25(20)6-5-23-31(26,27)14-3-4-14/h9-11,14,23H,3-8H2,1-2H3. The van der Waals surface area contributed by atoms with Crippen molar-refractivity contribution in [1.29, 1.82) is 0 Å². The molecule has 0 radical (unpaired) electrons. The Morgan fingerprint density at radius 2 is 1.90 bits per heavy atom. The Morgan fingerprint density at radius 3 is 2.65 bits per heavy atom. The number of benzene rings is 1. The predicted octanol–water partition coefficient (Wildman–Crippen LogP) is 2.45. The summed E-state index contributed by atoms with van der Waals surface area (Å²) < 4.78 is 40.5. The fourth-order valence-electron chi connectivity index (χ4n) is 3.48. The molecule has 0 bridgehead atoms. The zero-order valence-electron chi connectivity index (χ0n) is 17.3. The van der Waals surface area contributed by atoms with Crippen molar-refractivity contribution in [3.05, 3.63) is 29.7 Å². The third-order valence-electron chi connectivity index (χ3n) is 5.32. The van der Waals surface area contributed by atoms with Crippen LogP contribution in [-0.4, -0.2) is 52.9 Å². The fraction of sp³-hybridized carbons (Fsp3) is 0.450. The van der Waals surface area contributed by atoms with Crippen molar-refractivity contribution < 1.29 is 17.9 Å². The first-order valence-corrected chi connectivity index (χ1v) is 12.5. The molecule has 1 aliphatic carbocycles. The van der Waals surface area contributed by atoms with Crippen molar-refractivity contribution in [2.24, 2.45) is 0 Å². The van der Waals surface area contributed by atoms with E-state index in [1.165, 1.54) is 18.1 Å². The summed E-state index contributed by atoms with van der Waals surface area (Å²) in [6.45, 7) is 5.67. The normalized spacial score (nSPS) is 16.1. The summed E-state index contributed by atoms with van der Waals surface area (Å²) in [7, 11) is -3.24. The molecule has 1 aromatic carbocycles. The number of rotatable bonds is 7. The first-order chi connectivity index (χ1) is 14.9. The zero-order valence-corrected chi connectivity index (χ0v) is 18.9. The number of aryl methyl sites for hydroxylation is 2. The molecule has 3 aromatic rings. The van der Waals surface area contributed by atoms with Gasteiger partial charge in [0.2, 0.25) is 10.0 Å². The predicted molar refractivity (Wildman–Crippen MR) is 116 cm³/mol. The van der Waals surface area contributed by atoms with Gasteiger partial charge < -0.3 is 14.0 Å². The molecule has 3 heterocycles. The van der Waals surface area contributed by atoms with E-state index >= 15 is 0 Å². The summed E-state index contributed by atoms with van der Waals surface area (Å²) in [6.07, 6.45) is 2.98. The van der Waals surface area contributed by atoms with Gasteiger partial charge in [-0.05, 0) is 44.4 Å². The average molecular weight is 462 g/mol. The van der Waals surface area contributed by atoms with Crippen molar-refractivity contribution >= 4 is 32.9 Å². The molecule has 2 aromatic heterocycles. The molecule has 2 aliphatic rings. The molecule has 164 valence electrons. The molecule has 1 fully saturated rings. The maximum absolute atomic E-state index is 12.2. The Morgan fingerprint density at radius 1 is 1.16 bits per heavy atom. The van der Waals surface area contributed by atoms with E-state index in [4.69, 9.17) is 14.5 Å². The van der Waals surface area contributed by atoms with E-state index in [9.17, 15) is 8.42 Å². The Kier molecular flexibility index (Phi) is 5.27. The molecular weight excluding hydrogens is 438 g/mol. The van der Waals surface area contributed by atoms with Crippen LogP contribution in [0.2, 0.25) is 0 Å². The van der Waals surface area contributed by atoms with Gasteiger partial charge in [-0.25, -0.2) is 28.1 Å². The zero-order chi connectivity index (χ0) is 21.6. The lowest BCUT2D eigenvalue weighted by atomic mass is 10.2. The monoisotopic (exact) mass is 461 g/mol. The molecule has 0 saturated heterocycles. The van der Waals surface area contributed by atoms with E-state index in [-0.39, 0.29) is 11.8 Å². The molecule has 5 rings (SSSR count). The first kappa shape index (κ1) is 20.5. The van der Waals surface area contributed by atoms with Crippen LogP contribution in [0.3, 0.4) is 0 Å². The van der Waals surface area contributed by atoms with Gasteiger partial charge in [0.05, 0.1) is 10.9 Å². The van der Waals surface area contributed by atoms with Crippen LogP contribution in [0.5, 0.6) is 11.5 Å². The number of hydrogen-bond donors (Lipinski definition) is 1. The number of imidazole rings is 1. The van der Waals surface area contributed by atoms with E-state index in [0.717, 1.165) is 45.6 Å². The SMILES string of the molecule is Cc1cc2c(cc1Sc1nc3c(C)ncnc3n1CCNS(=O)(=O)C1CC1)OCCO2. The molecule has 31 heavy (non-hydrogen) atoms. The maximum atomic E-state index is 12.2. The Hall–Kier alpha value is -2.37. The van der Waals surface area contributed by atoms with E-state index in [1.807, 2.05) is 30.5 Å². The van der Waals surface area contributed by atoms with Crippen molar-refractivity contribution in [1.82, 2.24) is 24.2 Å². The fourth-order valence-corrected chi connectivity index (χ4v) is 5.86. The highest BCUT2D eigenvalue weighted by atomic mass is 32.2. The number of nitrogens with one attached hydrogen (secondary N) is 1. The molecule has 1 aliphatic heterocycles. The van der Waals surface area contributed by atoms with Crippen molar-refractivity contribution in [2.75, 3.05) is 19.8 Å². The minimum absolute atomic E-state index is 0.245. The van der Waals surface area contributed by atoms with Gasteiger partial charge >= 0.3 is 0 Å². The summed E-state index contributed by atoms with van der Waals surface area (Å²) in [6, 6.07) is 3.94. The van der Waals surface area contributed by atoms with Crippen LogP contribution in [0.25, 0.3) is 11.2 Å². The van der Waals surface area contributed by atoms with Crippen LogP contribution in [0, 0.1) is 13.8 Å². The molecule has 0 spiro atoms. The minimum atomic E-state index is -3.24. The Labute approximate surface area is 184 Å². The van der Waals surface area contributed by atoms with Gasteiger partial charge in [-0.2, -0.15) is 0 Å². The van der Waals surface area contributed by atoms with Crippen LogP contribution in [-0.2, 0) is 16.6 Å². The van der Waals surface area contributed by atoms with E-state index in [2.05, 4.69) is 14.7 Å². The van der Waals surface area contributed by atoms with Crippen molar-refractivity contribution in [3.8, 4) is 11.5 Å². The molecule has 0 amide bonds. The number of aromatic nitrogens is 4. The number of ether oxygens (including phenoxy) is 2. The quantitative estimate of drug-likeness (QED) is 0.572. The van der Waals surface area contributed by atoms with Gasteiger partial charge in [0.15, 0.2) is 22.3 Å². The van der Waals surface area contributed by atoms with E-state index in [1.54, 1.807) is 0 Å². The summed E-state index contributed by atoms with van der Waals surface area (Å²) >= 11 is 1.50. The van der Waals surface area contributed by atoms with Crippen LogP contribution in [0.15, 0.2) is 28.5 Å². The number of fused-ring (bicyclic) bond motifs is 2. The van der Waals surface area contributed by atoms with Gasteiger partial charge in [-0.3, -0.25) is 0 Å². The minimum Gasteiger partial charge on any atom is -0.486 e. The highest BCUT2D eigenvalue weighted by Gasteiger charge is 2.35. The molecule has 0 atom stereocenters. The van der Waals surface area contributed by atoms with Crippen LogP contribution in [0.1, 0.15) is 24.1 Å². The summed E-state index contributed by atoms with van der Waals surface area (Å²) in [4.78, 5) is 14.4. The molecule has 9 nitrogen and oxygen atoms in total. The summed E-state index contributed by atoms with van der Waals surface area (Å²) in [5.74, 6) is 1.47. The lowest BCUT2D eigenvalue weighted by Gasteiger charge is -2.20. The highest BCUT2D eigenvalue weighted by molar-refractivity contribution is 7.99. The second-order valence-corrected chi connectivity index (χ2v) is 10.7. The lowest BCUT2D eigenvalue weighted by molar-refractivity contribution is 0.171. The third-order valence-corrected chi connectivity index (χ3v) is 8.43. The average Bonchev–Trinajstić information content (AvgIpc) is 3.54. The Balaban J connectivity index is 1.46. The van der Waals surface area contributed by atoms with E-state index < -0.39 is 10.0 Å². The van der Waals surface area contributed by atoms with Crippen molar-refractivity contribution in [3.63, 3.8) is 0 Å². The van der Waals surface area contributed by atoms with Gasteiger partial charge in [-0.1, -0.05) is 11.8 Å². The van der Waals surface area contributed by atoms with Gasteiger partial charge in [-0.15, -0.1) is 0 Å².